The summed E-state index contributed by atoms with van der Waals surface area (Å²) in [6.45, 7) is 3.88. The van der Waals surface area contributed by atoms with Crippen LogP contribution in [-0.4, -0.2) is 19.0 Å². The van der Waals surface area contributed by atoms with Crippen LogP contribution in [0.2, 0.25) is 0 Å². The number of carbonyl (C=O) groups excluding carboxylic acids is 2. The SMILES string of the molecule is COC(=O)c1ccc(NC(=O)c2cc(C)sc2C)s1. The summed E-state index contributed by atoms with van der Waals surface area (Å²) in [7, 11) is 1.33. The summed E-state index contributed by atoms with van der Waals surface area (Å²) in [6.07, 6.45) is 0. The summed E-state index contributed by atoms with van der Waals surface area (Å²) < 4.78 is 4.62. The van der Waals surface area contributed by atoms with E-state index in [4.69, 9.17) is 0 Å². The first kappa shape index (κ1) is 13.8. The zero-order chi connectivity index (χ0) is 14.0. The van der Waals surface area contributed by atoms with Crippen LogP contribution in [-0.2, 0) is 4.74 Å². The first-order valence-corrected chi connectivity index (χ1v) is 7.21. The average molecular weight is 295 g/mol. The molecule has 0 saturated carbocycles. The van der Waals surface area contributed by atoms with Crippen molar-refractivity contribution in [1.82, 2.24) is 0 Å². The third-order valence-corrected chi connectivity index (χ3v) is 4.46. The van der Waals surface area contributed by atoms with Crippen LogP contribution in [0.3, 0.4) is 0 Å². The summed E-state index contributed by atoms with van der Waals surface area (Å²) in [5, 5.41) is 3.42. The molecule has 2 aromatic rings. The van der Waals surface area contributed by atoms with E-state index in [1.165, 1.54) is 18.4 Å². The number of nitrogens with one attached hydrogen (secondary N) is 1. The molecule has 2 aromatic heterocycles. The van der Waals surface area contributed by atoms with E-state index in [9.17, 15) is 9.59 Å². The third-order valence-electron chi connectivity index (χ3n) is 2.51. The van der Waals surface area contributed by atoms with Gasteiger partial charge in [-0.25, -0.2) is 4.79 Å². The molecule has 0 spiro atoms. The number of hydrogen-bond donors (Lipinski definition) is 1. The smallest absolute Gasteiger partial charge is 0.348 e. The average Bonchev–Trinajstić information content (AvgIpc) is 2.95. The number of methoxy groups -OCH3 is 1. The van der Waals surface area contributed by atoms with Crippen LogP contribution < -0.4 is 5.32 Å². The molecule has 1 N–H and O–H groups in total. The Morgan fingerprint density at radius 3 is 2.53 bits per heavy atom. The van der Waals surface area contributed by atoms with Gasteiger partial charge in [0.05, 0.1) is 17.7 Å². The summed E-state index contributed by atoms with van der Waals surface area (Å²) >= 11 is 2.79. The molecule has 2 rings (SSSR count). The number of rotatable bonds is 3. The minimum atomic E-state index is -0.395. The van der Waals surface area contributed by atoms with Crippen molar-refractivity contribution in [3.63, 3.8) is 0 Å². The molecular weight excluding hydrogens is 282 g/mol. The maximum atomic E-state index is 12.1. The second-order valence-corrected chi connectivity index (χ2v) is 6.48. The van der Waals surface area contributed by atoms with Crippen LogP contribution in [0.4, 0.5) is 5.00 Å². The van der Waals surface area contributed by atoms with Gasteiger partial charge in [-0.15, -0.1) is 22.7 Å². The van der Waals surface area contributed by atoms with Crippen LogP contribution >= 0.6 is 22.7 Å². The summed E-state index contributed by atoms with van der Waals surface area (Å²) in [4.78, 5) is 26.0. The molecule has 6 heteroatoms. The Labute approximate surface area is 119 Å². The van der Waals surface area contributed by atoms with Gasteiger partial charge in [0.15, 0.2) is 0 Å². The second kappa shape index (κ2) is 5.54. The predicted molar refractivity (Wildman–Crippen MR) is 77.4 cm³/mol. The number of carbonyl (C=O) groups is 2. The van der Waals surface area contributed by atoms with Crippen LogP contribution in [0.5, 0.6) is 0 Å². The predicted octanol–water partition coefficient (Wildman–Crippen LogP) is 3.47. The molecule has 0 saturated heterocycles. The molecular formula is C13H13NO3S2. The first-order valence-electron chi connectivity index (χ1n) is 5.58. The Balaban J connectivity index is 2.13. The zero-order valence-electron chi connectivity index (χ0n) is 10.8. The second-order valence-electron chi connectivity index (χ2n) is 3.94. The van der Waals surface area contributed by atoms with Gasteiger partial charge in [-0.3, -0.25) is 4.79 Å². The van der Waals surface area contributed by atoms with Crippen LogP contribution in [0.15, 0.2) is 18.2 Å². The van der Waals surface area contributed by atoms with Crippen molar-refractivity contribution in [2.24, 2.45) is 0 Å². The van der Waals surface area contributed by atoms with E-state index in [1.54, 1.807) is 23.5 Å². The lowest BCUT2D eigenvalue weighted by Crippen LogP contribution is -2.10. The molecule has 4 nitrogen and oxygen atoms in total. The number of esters is 1. The molecule has 0 unspecified atom stereocenters. The number of ether oxygens (including phenoxy) is 1. The number of amides is 1. The van der Waals surface area contributed by atoms with Gasteiger partial charge in [0.2, 0.25) is 0 Å². The van der Waals surface area contributed by atoms with Crippen molar-refractivity contribution in [1.29, 1.82) is 0 Å². The highest BCUT2D eigenvalue weighted by atomic mass is 32.1. The van der Waals surface area contributed by atoms with E-state index in [2.05, 4.69) is 10.1 Å². The normalized spacial score (nSPS) is 10.3. The highest BCUT2D eigenvalue weighted by Gasteiger charge is 2.14. The van der Waals surface area contributed by atoms with Crippen LogP contribution in [0.1, 0.15) is 29.8 Å². The molecule has 0 bridgehead atoms. The monoisotopic (exact) mass is 295 g/mol. The lowest BCUT2D eigenvalue weighted by Gasteiger charge is -2.01. The van der Waals surface area contributed by atoms with Crippen molar-refractivity contribution >= 4 is 39.6 Å². The van der Waals surface area contributed by atoms with Gasteiger partial charge in [0.25, 0.3) is 5.91 Å². The van der Waals surface area contributed by atoms with Gasteiger partial charge in [-0.05, 0) is 32.0 Å². The lowest BCUT2D eigenvalue weighted by molar-refractivity contribution is 0.0606. The van der Waals surface area contributed by atoms with Gasteiger partial charge in [-0.2, -0.15) is 0 Å². The van der Waals surface area contributed by atoms with E-state index in [0.717, 1.165) is 9.75 Å². The minimum absolute atomic E-state index is 0.153. The van der Waals surface area contributed by atoms with Gasteiger partial charge in [-0.1, -0.05) is 0 Å². The Kier molecular flexibility index (Phi) is 4.01. The van der Waals surface area contributed by atoms with E-state index in [0.29, 0.717) is 15.4 Å². The maximum absolute atomic E-state index is 12.1. The van der Waals surface area contributed by atoms with Gasteiger partial charge < -0.3 is 10.1 Å². The molecule has 0 aliphatic rings. The molecule has 0 atom stereocenters. The number of aryl methyl sites for hydroxylation is 2. The fraction of sp³-hybridized carbons (Fsp3) is 0.231. The summed E-state index contributed by atoms with van der Waals surface area (Å²) in [5.74, 6) is -0.548. The third kappa shape index (κ3) is 3.02. The number of anilines is 1. The highest BCUT2D eigenvalue weighted by Crippen LogP contribution is 2.25. The van der Waals surface area contributed by atoms with Crippen molar-refractivity contribution in [3.05, 3.63) is 38.4 Å². The molecule has 100 valence electrons. The molecule has 0 radical (unpaired) electrons. The van der Waals surface area contributed by atoms with E-state index in [-0.39, 0.29) is 5.91 Å². The molecule has 0 fully saturated rings. The Bertz CT molecular complexity index is 628. The number of hydrogen-bond acceptors (Lipinski definition) is 5. The van der Waals surface area contributed by atoms with Crippen molar-refractivity contribution < 1.29 is 14.3 Å². The van der Waals surface area contributed by atoms with Crippen LogP contribution in [0.25, 0.3) is 0 Å². The Morgan fingerprint density at radius 1 is 1.21 bits per heavy atom. The van der Waals surface area contributed by atoms with Gasteiger partial charge in [0.1, 0.15) is 4.88 Å². The zero-order valence-corrected chi connectivity index (χ0v) is 12.4. The fourth-order valence-electron chi connectivity index (χ4n) is 1.65. The quantitative estimate of drug-likeness (QED) is 0.882. The van der Waals surface area contributed by atoms with Gasteiger partial charge in [0, 0.05) is 9.75 Å². The number of thiophene rings is 2. The van der Waals surface area contributed by atoms with Crippen molar-refractivity contribution in [2.45, 2.75) is 13.8 Å². The molecule has 19 heavy (non-hydrogen) atoms. The molecule has 0 aliphatic carbocycles. The van der Waals surface area contributed by atoms with Gasteiger partial charge >= 0.3 is 5.97 Å². The molecule has 2 heterocycles. The van der Waals surface area contributed by atoms with E-state index < -0.39 is 5.97 Å². The Hall–Kier alpha value is -1.66. The molecule has 0 aromatic carbocycles. The van der Waals surface area contributed by atoms with Crippen LogP contribution in [0, 0.1) is 13.8 Å². The standard InChI is InChI=1S/C13H13NO3S2/c1-7-6-9(8(2)18-7)12(15)14-11-5-4-10(19-11)13(16)17-3/h4-6H,1-3H3,(H,14,15). The maximum Gasteiger partial charge on any atom is 0.348 e. The highest BCUT2D eigenvalue weighted by molar-refractivity contribution is 7.18. The Morgan fingerprint density at radius 2 is 1.95 bits per heavy atom. The van der Waals surface area contributed by atoms with E-state index >= 15 is 0 Å². The minimum Gasteiger partial charge on any atom is -0.465 e. The summed E-state index contributed by atoms with van der Waals surface area (Å²) in [5.41, 5.74) is 0.676. The van der Waals surface area contributed by atoms with Crippen molar-refractivity contribution in [2.75, 3.05) is 12.4 Å². The molecule has 1 amide bonds. The summed E-state index contributed by atoms with van der Waals surface area (Å²) in [6, 6.07) is 5.20. The van der Waals surface area contributed by atoms with Crippen molar-refractivity contribution in [3.8, 4) is 0 Å². The van der Waals surface area contributed by atoms with E-state index in [1.807, 2.05) is 19.9 Å². The fourth-order valence-corrected chi connectivity index (χ4v) is 3.39. The largest absolute Gasteiger partial charge is 0.465 e. The molecule has 0 aliphatic heterocycles. The topological polar surface area (TPSA) is 55.4 Å². The first-order chi connectivity index (χ1) is 9.01. The lowest BCUT2D eigenvalue weighted by atomic mass is 10.2.